The SMILES string of the molecule is CC(C(=O)[O-])N1C(=O)C(=Cc2cccc(Cl)c2)SC1=S. The molecule has 0 N–H and O–H groups in total. The fourth-order valence-corrected chi connectivity index (χ4v) is 3.28. The number of rotatable bonds is 3. The van der Waals surface area contributed by atoms with Crippen LogP contribution in [0, 0.1) is 0 Å². The standard InChI is InChI=1S/C13H10ClNO3S2/c1-7(12(17)18)15-11(16)10(20-13(15)19)6-8-3-2-4-9(14)5-8/h2-7H,1H3,(H,17,18)/p-1. The molecule has 1 aromatic carbocycles. The molecule has 4 nitrogen and oxygen atoms in total. The van der Waals surface area contributed by atoms with E-state index < -0.39 is 17.9 Å². The average Bonchev–Trinajstić information content (AvgIpc) is 2.63. The molecule has 1 aliphatic heterocycles. The molecule has 1 unspecified atom stereocenters. The molecule has 1 fully saturated rings. The van der Waals surface area contributed by atoms with E-state index in [-0.39, 0.29) is 4.32 Å². The molecular weight excluding hydrogens is 318 g/mol. The number of benzene rings is 1. The van der Waals surface area contributed by atoms with Crippen molar-refractivity contribution in [3.05, 3.63) is 39.8 Å². The van der Waals surface area contributed by atoms with E-state index in [2.05, 4.69) is 0 Å². The number of carboxylic acid groups (broad SMARTS) is 1. The monoisotopic (exact) mass is 326 g/mol. The molecule has 1 atom stereocenters. The van der Waals surface area contributed by atoms with E-state index in [4.69, 9.17) is 23.8 Å². The first kappa shape index (κ1) is 15.0. The fourth-order valence-electron chi connectivity index (χ4n) is 1.67. The number of thioether (sulfide) groups is 1. The molecule has 0 saturated carbocycles. The van der Waals surface area contributed by atoms with Crippen LogP contribution < -0.4 is 5.11 Å². The Morgan fingerprint density at radius 1 is 1.55 bits per heavy atom. The van der Waals surface area contributed by atoms with Crippen molar-refractivity contribution in [1.29, 1.82) is 0 Å². The molecule has 0 aromatic heterocycles. The van der Waals surface area contributed by atoms with Crippen molar-refractivity contribution >= 4 is 57.9 Å². The quantitative estimate of drug-likeness (QED) is 0.625. The topological polar surface area (TPSA) is 60.4 Å². The Hall–Kier alpha value is -1.37. The van der Waals surface area contributed by atoms with Gasteiger partial charge in [-0.15, -0.1) is 0 Å². The van der Waals surface area contributed by atoms with Gasteiger partial charge in [-0.1, -0.05) is 47.7 Å². The van der Waals surface area contributed by atoms with Gasteiger partial charge in [0.05, 0.1) is 16.9 Å². The smallest absolute Gasteiger partial charge is 0.266 e. The number of hydrogen-bond acceptors (Lipinski definition) is 5. The second-order valence-corrected chi connectivity index (χ2v) is 6.21. The highest BCUT2D eigenvalue weighted by molar-refractivity contribution is 8.26. The summed E-state index contributed by atoms with van der Waals surface area (Å²) >= 11 is 12.0. The minimum atomic E-state index is -1.34. The maximum absolute atomic E-state index is 12.2. The Balaban J connectivity index is 2.30. The van der Waals surface area contributed by atoms with E-state index in [1.807, 2.05) is 0 Å². The van der Waals surface area contributed by atoms with Gasteiger partial charge >= 0.3 is 0 Å². The van der Waals surface area contributed by atoms with Gasteiger partial charge in [-0.2, -0.15) is 0 Å². The van der Waals surface area contributed by atoms with Gasteiger partial charge in [0, 0.05) is 5.02 Å². The normalized spacial score (nSPS) is 18.7. The predicted octanol–water partition coefficient (Wildman–Crippen LogP) is 1.68. The Morgan fingerprint density at radius 2 is 2.25 bits per heavy atom. The molecule has 7 heteroatoms. The zero-order valence-electron chi connectivity index (χ0n) is 10.3. The summed E-state index contributed by atoms with van der Waals surface area (Å²) in [7, 11) is 0. The summed E-state index contributed by atoms with van der Waals surface area (Å²) in [6, 6.07) is 5.89. The first-order chi connectivity index (χ1) is 9.40. The lowest BCUT2D eigenvalue weighted by Gasteiger charge is -2.23. The number of carboxylic acids is 1. The van der Waals surface area contributed by atoms with Crippen LogP contribution >= 0.6 is 35.6 Å². The number of nitrogens with zero attached hydrogens (tertiary/aromatic N) is 1. The minimum Gasteiger partial charge on any atom is -0.548 e. The van der Waals surface area contributed by atoms with Gasteiger partial charge < -0.3 is 9.90 Å². The molecule has 104 valence electrons. The molecule has 1 aromatic rings. The maximum atomic E-state index is 12.2. The lowest BCUT2D eigenvalue weighted by molar-refractivity contribution is -0.309. The first-order valence-corrected chi connectivity index (χ1v) is 7.24. The van der Waals surface area contributed by atoms with Crippen LogP contribution in [0.1, 0.15) is 12.5 Å². The Morgan fingerprint density at radius 3 is 2.85 bits per heavy atom. The molecule has 20 heavy (non-hydrogen) atoms. The zero-order chi connectivity index (χ0) is 14.9. The van der Waals surface area contributed by atoms with Crippen molar-refractivity contribution in [1.82, 2.24) is 4.90 Å². The number of thiocarbonyl (C=S) groups is 1. The van der Waals surface area contributed by atoms with E-state index in [1.54, 1.807) is 30.3 Å². The number of carbonyl (C=O) groups is 2. The summed E-state index contributed by atoms with van der Waals surface area (Å²) in [6.45, 7) is 1.36. The number of hydrogen-bond donors (Lipinski definition) is 0. The number of amides is 1. The van der Waals surface area contributed by atoms with Crippen LogP contribution in [-0.4, -0.2) is 27.1 Å². The van der Waals surface area contributed by atoms with Crippen LogP contribution in [0.3, 0.4) is 0 Å². The molecule has 0 spiro atoms. The molecule has 0 radical (unpaired) electrons. The third kappa shape index (κ3) is 3.03. The highest BCUT2D eigenvalue weighted by atomic mass is 35.5. The van der Waals surface area contributed by atoms with Gasteiger partial charge in [0.25, 0.3) is 5.91 Å². The van der Waals surface area contributed by atoms with Gasteiger partial charge in [0.1, 0.15) is 4.32 Å². The minimum absolute atomic E-state index is 0.208. The van der Waals surface area contributed by atoms with E-state index in [9.17, 15) is 14.7 Å². The summed E-state index contributed by atoms with van der Waals surface area (Å²) in [5, 5.41) is 11.4. The molecule has 0 bridgehead atoms. The predicted molar refractivity (Wildman–Crippen MR) is 80.9 cm³/mol. The van der Waals surface area contributed by atoms with Crippen LogP contribution in [-0.2, 0) is 9.59 Å². The maximum Gasteiger partial charge on any atom is 0.266 e. The summed E-state index contributed by atoms with van der Waals surface area (Å²) in [5.74, 6) is -1.78. The third-order valence-electron chi connectivity index (χ3n) is 2.70. The van der Waals surface area contributed by atoms with E-state index in [0.717, 1.165) is 22.2 Å². The van der Waals surface area contributed by atoms with E-state index >= 15 is 0 Å². The highest BCUT2D eigenvalue weighted by Crippen LogP contribution is 2.34. The first-order valence-electron chi connectivity index (χ1n) is 5.63. The second-order valence-electron chi connectivity index (χ2n) is 4.10. The van der Waals surface area contributed by atoms with Crippen molar-refractivity contribution in [3.63, 3.8) is 0 Å². The van der Waals surface area contributed by atoms with Gasteiger partial charge in [0.15, 0.2) is 0 Å². The Bertz CT molecular complexity index is 630. The van der Waals surface area contributed by atoms with Crippen molar-refractivity contribution in [3.8, 4) is 0 Å². The molecule has 1 amide bonds. The number of carbonyl (C=O) groups excluding carboxylic acids is 2. The van der Waals surface area contributed by atoms with E-state index in [0.29, 0.717) is 9.93 Å². The number of halogens is 1. The summed E-state index contributed by atoms with van der Waals surface area (Å²) < 4.78 is 0.208. The fraction of sp³-hybridized carbons (Fsp3) is 0.154. The van der Waals surface area contributed by atoms with Crippen molar-refractivity contribution < 1.29 is 14.7 Å². The average molecular weight is 327 g/mol. The summed E-state index contributed by atoms with van der Waals surface area (Å²) in [5.41, 5.74) is 0.749. The zero-order valence-corrected chi connectivity index (χ0v) is 12.7. The van der Waals surface area contributed by atoms with Crippen molar-refractivity contribution in [2.24, 2.45) is 0 Å². The molecule has 1 saturated heterocycles. The number of aliphatic carboxylic acids is 1. The van der Waals surface area contributed by atoms with Crippen molar-refractivity contribution in [2.45, 2.75) is 13.0 Å². The lowest BCUT2D eigenvalue weighted by Crippen LogP contribution is -2.48. The summed E-state index contributed by atoms with van der Waals surface area (Å²) in [6.07, 6.45) is 1.63. The second kappa shape index (κ2) is 5.95. The van der Waals surface area contributed by atoms with Crippen molar-refractivity contribution in [2.75, 3.05) is 0 Å². The van der Waals surface area contributed by atoms with Gasteiger partial charge in [-0.05, 0) is 30.7 Å². The molecular formula is C13H9ClNO3S2-. The summed E-state index contributed by atoms with van der Waals surface area (Å²) in [4.78, 5) is 24.5. The van der Waals surface area contributed by atoms with Gasteiger partial charge in [-0.25, -0.2) is 0 Å². The van der Waals surface area contributed by atoms with Crippen LogP contribution in [0.5, 0.6) is 0 Å². The Labute approximate surface area is 130 Å². The largest absolute Gasteiger partial charge is 0.548 e. The van der Waals surface area contributed by atoms with Crippen LogP contribution in [0.4, 0.5) is 0 Å². The molecule has 0 aliphatic carbocycles. The molecule has 2 rings (SSSR count). The molecule has 1 aliphatic rings. The van der Waals surface area contributed by atoms with Gasteiger partial charge in [-0.3, -0.25) is 9.69 Å². The van der Waals surface area contributed by atoms with Crippen LogP contribution in [0.25, 0.3) is 6.08 Å². The Kier molecular flexibility index (Phi) is 4.47. The highest BCUT2D eigenvalue weighted by Gasteiger charge is 2.35. The van der Waals surface area contributed by atoms with Crippen LogP contribution in [0.15, 0.2) is 29.2 Å². The van der Waals surface area contributed by atoms with E-state index in [1.165, 1.54) is 6.92 Å². The molecule has 1 heterocycles. The van der Waals surface area contributed by atoms with Gasteiger partial charge in [0.2, 0.25) is 0 Å². The van der Waals surface area contributed by atoms with Crippen LogP contribution in [0.2, 0.25) is 5.02 Å². The third-order valence-corrected chi connectivity index (χ3v) is 4.26. The lowest BCUT2D eigenvalue weighted by atomic mass is 10.2.